The third kappa shape index (κ3) is 2.98. The molecule has 0 saturated heterocycles. The maximum atomic E-state index is 13.6. The first-order valence-corrected chi connectivity index (χ1v) is 6.60. The molecule has 0 bridgehead atoms. The molecule has 4 nitrogen and oxygen atoms in total. The number of benzene rings is 1. The normalized spacial score (nSPS) is 14.7. The van der Waals surface area contributed by atoms with Crippen LogP contribution in [0.4, 0.5) is 14.9 Å². The Morgan fingerprint density at radius 2 is 2.10 bits per heavy atom. The smallest absolute Gasteiger partial charge is 0.414 e. The summed E-state index contributed by atoms with van der Waals surface area (Å²) in [6, 6.07) is 2.75. The average Bonchev–Trinajstić information content (AvgIpc) is 2.35. The van der Waals surface area contributed by atoms with Gasteiger partial charge in [-0.3, -0.25) is 9.69 Å². The highest BCUT2D eigenvalue weighted by atomic mass is 19.1. The Bertz CT molecular complexity index is 549. The number of fused-ring (bicyclic) bond motifs is 1. The van der Waals surface area contributed by atoms with Crippen molar-refractivity contribution in [2.75, 3.05) is 11.4 Å². The lowest BCUT2D eigenvalue weighted by Gasteiger charge is -2.31. The number of anilines is 1. The van der Waals surface area contributed by atoms with E-state index in [-0.39, 0.29) is 5.56 Å². The number of amides is 1. The Kier molecular flexibility index (Phi) is 3.79. The Labute approximate surface area is 117 Å². The van der Waals surface area contributed by atoms with Gasteiger partial charge in [0, 0.05) is 6.54 Å². The number of aryl methyl sites for hydroxylation is 1. The summed E-state index contributed by atoms with van der Waals surface area (Å²) in [5, 5.41) is 0. The Morgan fingerprint density at radius 3 is 2.70 bits per heavy atom. The second-order valence-corrected chi connectivity index (χ2v) is 5.86. The lowest BCUT2D eigenvalue weighted by atomic mass is 9.99. The van der Waals surface area contributed by atoms with E-state index in [4.69, 9.17) is 4.74 Å². The van der Waals surface area contributed by atoms with Crippen molar-refractivity contribution in [3.05, 3.63) is 29.1 Å². The summed E-state index contributed by atoms with van der Waals surface area (Å²) >= 11 is 0. The molecule has 1 heterocycles. The third-order valence-electron chi connectivity index (χ3n) is 3.06. The first kappa shape index (κ1) is 14.5. The van der Waals surface area contributed by atoms with E-state index in [1.54, 1.807) is 20.8 Å². The summed E-state index contributed by atoms with van der Waals surface area (Å²) in [6.45, 7) is 5.87. The van der Waals surface area contributed by atoms with Crippen molar-refractivity contribution in [3.8, 4) is 0 Å². The van der Waals surface area contributed by atoms with Crippen molar-refractivity contribution in [2.24, 2.45) is 0 Å². The van der Waals surface area contributed by atoms with Gasteiger partial charge in [0.1, 0.15) is 11.4 Å². The number of hydrogen-bond acceptors (Lipinski definition) is 3. The second-order valence-electron chi connectivity index (χ2n) is 5.86. The minimum absolute atomic E-state index is 0.0424. The second kappa shape index (κ2) is 5.23. The zero-order valence-electron chi connectivity index (χ0n) is 11.9. The van der Waals surface area contributed by atoms with Gasteiger partial charge in [0.15, 0.2) is 6.29 Å². The van der Waals surface area contributed by atoms with E-state index in [1.165, 1.54) is 17.0 Å². The van der Waals surface area contributed by atoms with Gasteiger partial charge in [-0.2, -0.15) is 0 Å². The molecule has 0 aliphatic carbocycles. The summed E-state index contributed by atoms with van der Waals surface area (Å²) in [6.07, 6.45) is 1.41. The van der Waals surface area contributed by atoms with Crippen LogP contribution in [0.15, 0.2) is 12.1 Å². The van der Waals surface area contributed by atoms with Crippen LogP contribution in [0.2, 0.25) is 0 Å². The summed E-state index contributed by atoms with van der Waals surface area (Å²) in [5.41, 5.74) is 0.654. The molecule has 0 aromatic heterocycles. The summed E-state index contributed by atoms with van der Waals surface area (Å²) < 4.78 is 19.0. The molecule has 0 fully saturated rings. The first-order chi connectivity index (χ1) is 9.31. The molecule has 1 aliphatic rings. The number of halogens is 1. The van der Waals surface area contributed by atoms with Gasteiger partial charge >= 0.3 is 6.09 Å². The molecule has 0 radical (unpaired) electrons. The molecule has 0 unspecified atom stereocenters. The number of nitrogens with zero attached hydrogens (tertiary/aromatic N) is 1. The minimum Gasteiger partial charge on any atom is -0.443 e. The van der Waals surface area contributed by atoms with Crippen molar-refractivity contribution in [2.45, 2.75) is 39.2 Å². The largest absolute Gasteiger partial charge is 0.443 e. The predicted octanol–water partition coefficient (Wildman–Crippen LogP) is 3.33. The molecule has 0 spiro atoms. The molecule has 0 saturated carbocycles. The number of carbonyl (C=O) groups excluding carboxylic acids is 2. The molecular weight excluding hydrogens is 261 g/mol. The van der Waals surface area contributed by atoms with E-state index in [2.05, 4.69) is 0 Å². The van der Waals surface area contributed by atoms with Crippen LogP contribution in [-0.2, 0) is 11.2 Å². The molecule has 1 amide bonds. The molecule has 0 atom stereocenters. The first-order valence-electron chi connectivity index (χ1n) is 6.60. The van der Waals surface area contributed by atoms with E-state index in [1.807, 2.05) is 0 Å². The molecule has 1 aliphatic heterocycles. The predicted molar refractivity (Wildman–Crippen MR) is 73.7 cm³/mol. The lowest BCUT2D eigenvalue weighted by Crippen LogP contribution is -2.40. The van der Waals surface area contributed by atoms with Crippen LogP contribution >= 0.6 is 0 Å². The van der Waals surface area contributed by atoms with E-state index >= 15 is 0 Å². The third-order valence-corrected chi connectivity index (χ3v) is 3.06. The van der Waals surface area contributed by atoms with Crippen LogP contribution in [0.25, 0.3) is 0 Å². The van der Waals surface area contributed by atoms with Crippen LogP contribution in [0.1, 0.15) is 43.1 Å². The highest BCUT2D eigenvalue weighted by Gasteiger charge is 2.28. The van der Waals surface area contributed by atoms with Crippen molar-refractivity contribution in [3.63, 3.8) is 0 Å². The Hall–Kier alpha value is -1.91. The highest BCUT2D eigenvalue weighted by Crippen LogP contribution is 2.30. The fourth-order valence-corrected chi connectivity index (χ4v) is 2.22. The lowest BCUT2D eigenvalue weighted by molar-refractivity contribution is 0.0577. The Balaban J connectivity index is 2.36. The van der Waals surface area contributed by atoms with Crippen LogP contribution in [0.3, 0.4) is 0 Å². The highest BCUT2D eigenvalue weighted by molar-refractivity contribution is 5.91. The van der Waals surface area contributed by atoms with E-state index in [0.29, 0.717) is 24.9 Å². The van der Waals surface area contributed by atoms with Crippen molar-refractivity contribution >= 4 is 18.1 Å². The Morgan fingerprint density at radius 1 is 1.40 bits per heavy atom. The van der Waals surface area contributed by atoms with Crippen LogP contribution in [0, 0.1) is 5.82 Å². The maximum absolute atomic E-state index is 13.6. The van der Waals surface area contributed by atoms with Gasteiger partial charge in [0.05, 0.1) is 11.3 Å². The quantitative estimate of drug-likeness (QED) is 0.741. The monoisotopic (exact) mass is 279 g/mol. The number of carbonyl (C=O) groups is 2. The van der Waals surface area contributed by atoms with E-state index in [0.717, 1.165) is 12.0 Å². The van der Waals surface area contributed by atoms with Gasteiger partial charge < -0.3 is 4.74 Å². The molecule has 2 rings (SSSR count). The zero-order valence-corrected chi connectivity index (χ0v) is 11.9. The SMILES string of the molecule is CC(C)(C)OC(=O)N1CCCc2cc(F)c(C=O)cc21. The van der Waals surface area contributed by atoms with Crippen molar-refractivity contribution in [1.82, 2.24) is 0 Å². The van der Waals surface area contributed by atoms with Gasteiger partial charge in [-0.1, -0.05) is 0 Å². The fraction of sp³-hybridized carbons (Fsp3) is 0.467. The minimum atomic E-state index is -0.595. The summed E-state index contributed by atoms with van der Waals surface area (Å²) in [7, 11) is 0. The van der Waals surface area contributed by atoms with Crippen LogP contribution in [-0.4, -0.2) is 24.5 Å². The average molecular weight is 279 g/mol. The van der Waals surface area contributed by atoms with Gasteiger partial charge in [0.25, 0.3) is 0 Å². The molecule has 5 heteroatoms. The standard InChI is InChI=1S/C15H18FNO3/c1-15(2,3)20-14(19)17-6-4-5-10-7-12(16)11(9-18)8-13(10)17/h7-9H,4-6H2,1-3H3. The van der Waals surface area contributed by atoms with Gasteiger partial charge in [-0.15, -0.1) is 0 Å². The molecule has 108 valence electrons. The van der Waals surface area contributed by atoms with Gasteiger partial charge in [0.2, 0.25) is 0 Å². The van der Waals surface area contributed by atoms with Gasteiger partial charge in [-0.05, 0) is 51.3 Å². The number of ether oxygens (including phenoxy) is 1. The topological polar surface area (TPSA) is 46.6 Å². The number of aldehydes is 1. The molecular formula is C15H18FNO3. The molecule has 1 aromatic rings. The van der Waals surface area contributed by atoms with Crippen molar-refractivity contribution in [1.29, 1.82) is 0 Å². The van der Waals surface area contributed by atoms with Crippen molar-refractivity contribution < 1.29 is 18.7 Å². The van der Waals surface area contributed by atoms with Crippen LogP contribution < -0.4 is 4.90 Å². The summed E-state index contributed by atoms with van der Waals surface area (Å²) in [4.78, 5) is 24.5. The van der Waals surface area contributed by atoms with Gasteiger partial charge in [-0.25, -0.2) is 9.18 Å². The molecule has 1 aromatic carbocycles. The number of rotatable bonds is 1. The van der Waals surface area contributed by atoms with Crippen LogP contribution in [0.5, 0.6) is 0 Å². The summed E-state index contributed by atoms with van der Waals surface area (Å²) in [5.74, 6) is -0.551. The zero-order chi connectivity index (χ0) is 14.9. The molecule has 0 N–H and O–H groups in total. The maximum Gasteiger partial charge on any atom is 0.414 e. The fourth-order valence-electron chi connectivity index (χ4n) is 2.22. The van der Waals surface area contributed by atoms with E-state index in [9.17, 15) is 14.0 Å². The number of hydrogen-bond donors (Lipinski definition) is 0. The van der Waals surface area contributed by atoms with E-state index < -0.39 is 17.5 Å². The molecule has 20 heavy (non-hydrogen) atoms.